The predicted molar refractivity (Wildman–Crippen MR) is 84.6 cm³/mol. The molecule has 3 nitrogen and oxygen atoms in total. The van der Waals surface area contributed by atoms with Crippen molar-refractivity contribution in [3.8, 4) is 11.5 Å². The Balaban J connectivity index is 3.03. The standard InChI is InChI=1S/C17H27NO2/c1-6-11-18-17(13(4)5)14-9-10-15(19-7-2)16(12-14)20-8-3/h9-10,12,17-18H,4,6-8,11H2,1-3,5H3. The van der Waals surface area contributed by atoms with Gasteiger partial charge in [0.2, 0.25) is 0 Å². The lowest BCUT2D eigenvalue weighted by molar-refractivity contribution is 0.287. The molecule has 1 unspecified atom stereocenters. The molecule has 1 N–H and O–H groups in total. The molecule has 20 heavy (non-hydrogen) atoms. The van der Waals surface area contributed by atoms with Crippen LogP contribution in [-0.4, -0.2) is 19.8 Å². The Bertz CT molecular complexity index is 429. The van der Waals surface area contributed by atoms with Gasteiger partial charge in [-0.05, 0) is 51.4 Å². The summed E-state index contributed by atoms with van der Waals surface area (Å²) in [5.74, 6) is 1.60. The minimum absolute atomic E-state index is 0.157. The van der Waals surface area contributed by atoms with E-state index in [-0.39, 0.29) is 6.04 Å². The number of nitrogens with one attached hydrogen (secondary N) is 1. The van der Waals surface area contributed by atoms with E-state index >= 15 is 0 Å². The molecule has 0 aliphatic carbocycles. The third-order valence-electron chi connectivity index (χ3n) is 2.99. The number of hydrogen-bond acceptors (Lipinski definition) is 3. The average molecular weight is 277 g/mol. The number of rotatable bonds is 9. The van der Waals surface area contributed by atoms with Crippen LogP contribution in [0.4, 0.5) is 0 Å². The van der Waals surface area contributed by atoms with Crippen molar-refractivity contribution in [3.63, 3.8) is 0 Å². The largest absolute Gasteiger partial charge is 0.490 e. The quantitative estimate of drug-likeness (QED) is 0.689. The summed E-state index contributed by atoms with van der Waals surface area (Å²) in [6.07, 6.45) is 1.10. The molecule has 0 saturated carbocycles. The maximum atomic E-state index is 5.68. The molecule has 0 bridgehead atoms. The molecule has 0 amide bonds. The molecule has 3 heteroatoms. The van der Waals surface area contributed by atoms with Crippen LogP contribution in [-0.2, 0) is 0 Å². The van der Waals surface area contributed by atoms with Gasteiger partial charge in [0.1, 0.15) is 0 Å². The Kier molecular flexibility index (Phi) is 7.16. The smallest absolute Gasteiger partial charge is 0.161 e. The van der Waals surface area contributed by atoms with Crippen LogP contribution in [0.3, 0.4) is 0 Å². The molecule has 0 radical (unpaired) electrons. The van der Waals surface area contributed by atoms with E-state index < -0.39 is 0 Å². The molecule has 0 fully saturated rings. The highest BCUT2D eigenvalue weighted by atomic mass is 16.5. The van der Waals surface area contributed by atoms with Crippen molar-refractivity contribution in [1.82, 2.24) is 5.32 Å². The molecular weight excluding hydrogens is 250 g/mol. The van der Waals surface area contributed by atoms with Crippen molar-refractivity contribution < 1.29 is 9.47 Å². The van der Waals surface area contributed by atoms with E-state index in [0.717, 1.165) is 35.6 Å². The lowest BCUT2D eigenvalue weighted by Gasteiger charge is -2.21. The zero-order chi connectivity index (χ0) is 15.0. The Morgan fingerprint density at radius 2 is 1.80 bits per heavy atom. The van der Waals surface area contributed by atoms with Crippen LogP contribution < -0.4 is 14.8 Å². The summed E-state index contributed by atoms with van der Waals surface area (Å²) in [6.45, 7) is 14.5. The van der Waals surface area contributed by atoms with Gasteiger partial charge >= 0.3 is 0 Å². The summed E-state index contributed by atoms with van der Waals surface area (Å²) in [5, 5.41) is 3.51. The van der Waals surface area contributed by atoms with Crippen molar-refractivity contribution in [2.24, 2.45) is 0 Å². The SMILES string of the molecule is C=C(C)C(NCCC)c1ccc(OCC)c(OCC)c1. The van der Waals surface area contributed by atoms with E-state index in [1.54, 1.807) is 0 Å². The minimum Gasteiger partial charge on any atom is -0.490 e. The van der Waals surface area contributed by atoms with E-state index in [9.17, 15) is 0 Å². The van der Waals surface area contributed by atoms with Crippen molar-refractivity contribution in [2.75, 3.05) is 19.8 Å². The second kappa shape index (κ2) is 8.64. The molecule has 0 spiro atoms. The van der Waals surface area contributed by atoms with Crippen LogP contribution >= 0.6 is 0 Å². The van der Waals surface area contributed by atoms with Gasteiger partial charge in [0.25, 0.3) is 0 Å². The van der Waals surface area contributed by atoms with Gasteiger partial charge in [-0.3, -0.25) is 0 Å². The molecule has 1 aromatic rings. The van der Waals surface area contributed by atoms with E-state index in [2.05, 4.69) is 31.0 Å². The first-order valence-corrected chi connectivity index (χ1v) is 7.42. The van der Waals surface area contributed by atoms with Crippen LogP contribution in [0.25, 0.3) is 0 Å². The molecule has 0 saturated heterocycles. The molecule has 112 valence electrons. The molecule has 1 rings (SSSR count). The zero-order valence-corrected chi connectivity index (χ0v) is 13.2. The lowest BCUT2D eigenvalue weighted by Crippen LogP contribution is -2.22. The maximum Gasteiger partial charge on any atom is 0.161 e. The Hall–Kier alpha value is -1.48. The Morgan fingerprint density at radius 3 is 2.35 bits per heavy atom. The van der Waals surface area contributed by atoms with E-state index in [1.807, 2.05) is 26.8 Å². The molecule has 0 aliphatic heterocycles. The maximum absolute atomic E-state index is 5.68. The van der Waals surface area contributed by atoms with Crippen molar-refractivity contribution in [1.29, 1.82) is 0 Å². The predicted octanol–water partition coefficient (Wildman–Crippen LogP) is 4.10. The van der Waals surface area contributed by atoms with E-state index in [4.69, 9.17) is 9.47 Å². The lowest BCUT2D eigenvalue weighted by atomic mass is 10.0. The van der Waals surface area contributed by atoms with Gasteiger partial charge in [-0.2, -0.15) is 0 Å². The fourth-order valence-electron chi connectivity index (χ4n) is 2.11. The third-order valence-corrected chi connectivity index (χ3v) is 2.99. The third kappa shape index (κ3) is 4.57. The first-order valence-electron chi connectivity index (χ1n) is 7.42. The summed E-state index contributed by atoms with van der Waals surface area (Å²) in [7, 11) is 0. The second-order valence-corrected chi connectivity index (χ2v) is 4.81. The summed E-state index contributed by atoms with van der Waals surface area (Å²) in [5.41, 5.74) is 2.27. The van der Waals surface area contributed by atoms with Crippen LogP contribution in [0.15, 0.2) is 30.4 Å². The fourth-order valence-corrected chi connectivity index (χ4v) is 2.11. The van der Waals surface area contributed by atoms with E-state index in [0.29, 0.717) is 13.2 Å². The molecule has 1 atom stereocenters. The van der Waals surface area contributed by atoms with Gasteiger partial charge < -0.3 is 14.8 Å². The van der Waals surface area contributed by atoms with Crippen molar-refractivity contribution in [3.05, 3.63) is 35.9 Å². The molecule has 0 aliphatic rings. The molecule has 1 aromatic carbocycles. The van der Waals surface area contributed by atoms with Gasteiger partial charge in [0.05, 0.1) is 19.3 Å². The highest BCUT2D eigenvalue weighted by Gasteiger charge is 2.14. The number of hydrogen-bond donors (Lipinski definition) is 1. The summed E-state index contributed by atoms with van der Waals surface area (Å²) < 4.78 is 11.3. The Labute approximate surface area is 123 Å². The van der Waals surface area contributed by atoms with E-state index in [1.165, 1.54) is 0 Å². The van der Waals surface area contributed by atoms with Gasteiger partial charge in [-0.1, -0.05) is 25.1 Å². The average Bonchev–Trinajstić information content (AvgIpc) is 2.42. The first kappa shape index (κ1) is 16.6. The van der Waals surface area contributed by atoms with Crippen LogP contribution in [0.1, 0.15) is 45.7 Å². The van der Waals surface area contributed by atoms with Gasteiger partial charge in [-0.15, -0.1) is 0 Å². The topological polar surface area (TPSA) is 30.5 Å². The summed E-state index contributed by atoms with van der Waals surface area (Å²) in [6, 6.07) is 6.27. The van der Waals surface area contributed by atoms with Gasteiger partial charge in [-0.25, -0.2) is 0 Å². The molecular formula is C17H27NO2. The zero-order valence-electron chi connectivity index (χ0n) is 13.2. The minimum atomic E-state index is 0.157. The van der Waals surface area contributed by atoms with Crippen LogP contribution in [0, 0.1) is 0 Å². The van der Waals surface area contributed by atoms with Gasteiger partial charge in [0.15, 0.2) is 11.5 Å². The molecule has 0 heterocycles. The highest BCUT2D eigenvalue weighted by molar-refractivity contribution is 5.45. The van der Waals surface area contributed by atoms with Crippen LogP contribution in [0.5, 0.6) is 11.5 Å². The van der Waals surface area contributed by atoms with Crippen LogP contribution in [0.2, 0.25) is 0 Å². The first-order chi connectivity index (χ1) is 9.63. The highest BCUT2D eigenvalue weighted by Crippen LogP contribution is 2.32. The summed E-state index contributed by atoms with van der Waals surface area (Å²) >= 11 is 0. The molecule has 0 aromatic heterocycles. The fraction of sp³-hybridized carbons (Fsp3) is 0.529. The number of benzene rings is 1. The summed E-state index contributed by atoms with van der Waals surface area (Å²) in [4.78, 5) is 0. The second-order valence-electron chi connectivity index (χ2n) is 4.81. The monoisotopic (exact) mass is 277 g/mol. The number of ether oxygens (including phenoxy) is 2. The van der Waals surface area contributed by atoms with Crippen molar-refractivity contribution >= 4 is 0 Å². The normalized spacial score (nSPS) is 12.0. The van der Waals surface area contributed by atoms with Crippen molar-refractivity contribution in [2.45, 2.75) is 40.2 Å². The Morgan fingerprint density at radius 1 is 1.15 bits per heavy atom. The van der Waals surface area contributed by atoms with Gasteiger partial charge in [0, 0.05) is 0 Å².